The molecule has 0 aliphatic rings. The summed E-state index contributed by atoms with van der Waals surface area (Å²) in [4.78, 5) is 17.8. The van der Waals surface area contributed by atoms with Gasteiger partial charge < -0.3 is 11.1 Å². The van der Waals surface area contributed by atoms with Gasteiger partial charge in [0.05, 0.1) is 0 Å². The highest BCUT2D eigenvalue weighted by atomic mass is 32.2. The predicted molar refractivity (Wildman–Crippen MR) is 47.9 cm³/mol. The van der Waals surface area contributed by atoms with Crippen molar-refractivity contribution in [1.29, 1.82) is 0 Å². The molecule has 0 aliphatic carbocycles. The molecule has 6 heteroatoms. The summed E-state index contributed by atoms with van der Waals surface area (Å²) in [5, 5.41) is 3.11. The van der Waals surface area contributed by atoms with Crippen molar-refractivity contribution in [2.45, 2.75) is 5.03 Å². The summed E-state index contributed by atoms with van der Waals surface area (Å²) in [6.45, 7) is 0. The average molecular weight is 184 g/mol. The van der Waals surface area contributed by atoms with Crippen LogP contribution in [0, 0.1) is 0 Å². The first kappa shape index (κ1) is 8.79. The zero-order valence-corrected chi connectivity index (χ0v) is 7.26. The third-order valence-corrected chi connectivity index (χ3v) is 1.93. The van der Waals surface area contributed by atoms with Crippen molar-refractivity contribution < 1.29 is 4.79 Å². The lowest BCUT2D eigenvalue weighted by Crippen LogP contribution is -2.03. The Hall–Kier alpha value is -1.30. The van der Waals surface area contributed by atoms with E-state index in [2.05, 4.69) is 15.3 Å². The van der Waals surface area contributed by atoms with Gasteiger partial charge in [-0.2, -0.15) is 0 Å². The van der Waals surface area contributed by atoms with Gasteiger partial charge in [-0.25, -0.2) is 9.97 Å². The molecular weight excluding hydrogens is 176 g/mol. The number of aromatic nitrogens is 2. The highest BCUT2D eigenvalue weighted by Gasteiger charge is 2.05. The van der Waals surface area contributed by atoms with E-state index in [1.54, 1.807) is 0 Å². The first-order chi connectivity index (χ1) is 5.79. The summed E-state index contributed by atoms with van der Waals surface area (Å²) in [6.07, 6.45) is 3.75. The van der Waals surface area contributed by atoms with Crippen LogP contribution in [-0.2, 0) is 4.79 Å². The standard InChI is InChI=1S/C6H8N4OS/c1-12-6-4(10-3-11)5(7)8-2-9-6/h2-3H,1H3,(H,10,11)(H2,7,8,9). The smallest absolute Gasteiger partial charge is 0.211 e. The molecule has 0 aromatic carbocycles. The quantitative estimate of drug-likeness (QED) is 0.402. The molecule has 5 nitrogen and oxygen atoms in total. The molecule has 0 radical (unpaired) electrons. The maximum atomic E-state index is 10.2. The lowest BCUT2D eigenvalue weighted by Gasteiger charge is -2.05. The summed E-state index contributed by atoms with van der Waals surface area (Å²) in [5.41, 5.74) is 5.97. The number of anilines is 2. The molecule has 1 aromatic rings. The van der Waals surface area contributed by atoms with Crippen LogP contribution in [0.4, 0.5) is 11.5 Å². The van der Waals surface area contributed by atoms with Crippen LogP contribution >= 0.6 is 11.8 Å². The Balaban J connectivity index is 3.10. The number of nitrogens with zero attached hydrogens (tertiary/aromatic N) is 2. The van der Waals surface area contributed by atoms with Crippen molar-refractivity contribution >= 4 is 29.7 Å². The van der Waals surface area contributed by atoms with Gasteiger partial charge in [-0.05, 0) is 6.26 Å². The number of hydrogen-bond donors (Lipinski definition) is 2. The molecule has 1 heterocycles. The van der Waals surface area contributed by atoms with Crippen molar-refractivity contribution in [3.63, 3.8) is 0 Å². The van der Waals surface area contributed by atoms with Crippen LogP contribution in [0.15, 0.2) is 11.4 Å². The number of nitrogens with two attached hydrogens (primary N) is 1. The van der Waals surface area contributed by atoms with Crippen LogP contribution in [0.1, 0.15) is 0 Å². The van der Waals surface area contributed by atoms with Gasteiger partial charge in [0.25, 0.3) is 0 Å². The largest absolute Gasteiger partial charge is 0.382 e. The van der Waals surface area contributed by atoms with Crippen LogP contribution in [0.3, 0.4) is 0 Å². The lowest BCUT2D eigenvalue weighted by molar-refractivity contribution is -0.105. The van der Waals surface area contributed by atoms with E-state index >= 15 is 0 Å². The molecule has 0 spiro atoms. The van der Waals surface area contributed by atoms with E-state index in [0.29, 0.717) is 17.1 Å². The van der Waals surface area contributed by atoms with E-state index in [0.717, 1.165) is 0 Å². The molecule has 0 bridgehead atoms. The molecule has 12 heavy (non-hydrogen) atoms. The number of nitrogens with one attached hydrogen (secondary N) is 1. The Bertz CT molecular complexity index is 291. The molecule has 1 amide bonds. The summed E-state index contributed by atoms with van der Waals surface area (Å²) in [6, 6.07) is 0. The second kappa shape index (κ2) is 3.91. The van der Waals surface area contributed by atoms with Gasteiger partial charge in [-0.15, -0.1) is 11.8 Å². The fourth-order valence-corrected chi connectivity index (χ4v) is 1.25. The first-order valence-corrected chi connectivity index (χ1v) is 4.36. The fourth-order valence-electron chi connectivity index (χ4n) is 0.732. The van der Waals surface area contributed by atoms with Gasteiger partial charge in [0.15, 0.2) is 5.82 Å². The van der Waals surface area contributed by atoms with Crippen molar-refractivity contribution in [2.24, 2.45) is 0 Å². The molecule has 0 unspecified atom stereocenters. The summed E-state index contributed by atoms with van der Waals surface area (Å²) in [5.74, 6) is 0.279. The second-order valence-electron chi connectivity index (χ2n) is 1.91. The molecule has 0 fully saturated rings. The Kier molecular flexibility index (Phi) is 2.87. The van der Waals surface area contributed by atoms with Crippen molar-refractivity contribution in [1.82, 2.24) is 9.97 Å². The second-order valence-corrected chi connectivity index (χ2v) is 2.70. The van der Waals surface area contributed by atoms with Crippen LogP contribution < -0.4 is 11.1 Å². The van der Waals surface area contributed by atoms with Crippen molar-refractivity contribution in [3.05, 3.63) is 6.33 Å². The SMILES string of the molecule is CSc1ncnc(N)c1NC=O. The number of rotatable bonds is 3. The van der Waals surface area contributed by atoms with E-state index in [-0.39, 0.29) is 5.82 Å². The number of nitrogen functional groups attached to an aromatic ring is 1. The maximum Gasteiger partial charge on any atom is 0.211 e. The highest BCUT2D eigenvalue weighted by molar-refractivity contribution is 7.98. The average Bonchev–Trinajstić information content (AvgIpc) is 2.09. The van der Waals surface area contributed by atoms with Gasteiger partial charge in [-0.1, -0.05) is 0 Å². The summed E-state index contributed by atoms with van der Waals surface area (Å²) in [7, 11) is 0. The summed E-state index contributed by atoms with van der Waals surface area (Å²) < 4.78 is 0. The Morgan fingerprint density at radius 3 is 3.00 bits per heavy atom. The monoisotopic (exact) mass is 184 g/mol. The summed E-state index contributed by atoms with van der Waals surface area (Å²) >= 11 is 1.40. The molecule has 0 atom stereocenters. The molecule has 0 saturated carbocycles. The molecule has 0 aliphatic heterocycles. The van der Waals surface area contributed by atoms with Crippen molar-refractivity contribution in [2.75, 3.05) is 17.3 Å². The van der Waals surface area contributed by atoms with Gasteiger partial charge in [-0.3, -0.25) is 4.79 Å². The number of carbonyl (C=O) groups excluding carboxylic acids is 1. The molecule has 64 valence electrons. The van der Waals surface area contributed by atoms with Crippen LogP contribution in [-0.4, -0.2) is 22.6 Å². The lowest BCUT2D eigenvalue weighted by atomic mass is 10.5. The Labute approximate surface area is 73.8 Å². The van der Waals surface area contributed by atoms with Crippen LogP contribution in [0.2, 0.25) is 0 Å². The fraction of sp³-hybridized carbons (Fsp3) is 0.167. The zero-order valence-electron chi connectivity index (χ0n) is 6.44. The van der Waals surface area contributed by atoms with E-state index in [1.807, 2.05) is 6.26 Å². The maximum absolute atomic E-state index is 10.2. The molecule has 1 rings (SSSR count). The zero-order chi connectivity index (χ0) is 8.97. The number of hydrogen-bond acceptors (Lipinski definition) is 5. The minimum Gasteiger partial charge on any atom is -0.382 e. The number of thioether (sulfide) groups is 1. The molecule has 1 aromatic heterocycles. The molecule has 0 saturated heterocycles. The van der Waals surface area contributed by atoms with Gasteiger partial charge in [0.2, 0.25) is 6.41 Å². The third-order valence-electron chi connectivity index (χ3n) is 1.24. The van der Waals surface area contributed by atoms with Gasteiger partial charge in [0.1, 0.15) is 17.0 Å². The number of carbonyl (C=O) groups is 1. The normalized spacial score (nSPS) is 9.42. The van der Waals surface area contributed by atoms with Crippen LogP contribution in [0.25, 0.3) is 0 Å². The minimum atomic E-state index is 0.279. The van der Waals surface area contributed by atoms with Gasteiger partial charge in [0, 0.05) is 0 Å². The highest BCUT2D eigenvalue weighted by Crippen LogP contribution is 2.25. The van der Waals surface area contributed by atoms with Crippen molar-refractivity contribution in [3.8, 4) is 0 Å². The van der Waals surface area contributed by atoms with Gasteiger partial charge >= 0.3 is 0 Å². The van der Waals surface area contributed by atoms with Crippen LogP contribution in [0.5, 0.6) is 0 Å². The van der Waals surface area contributed by atoms with E-state index in [1.165, 1.54) is 18.1 Å². The predicted octanol–water partition coefficient (Wildman–Crippen LogP) is 0.349. The van der Waals surface area contributed by atoms with E-state index in [4.69, 9.17) is 5.73 Å². The molecular formula is C6H8N4OS. The Morgan fingerprint density at radius 1 is 1.67 bits per heavy atom. The molecule has 3 N–H and O–H groups in total. The minimum absolute atomic E-state index is 0.279. The first-order valence-electron chi connectivity index (χ1n) is 3.14. The topological polar surface area (TPSA) is 80.9 Å². The third kappa shape index (κ3) is 1.65. The van der Waals surface area contributed by atoms with E-state index < -0.39 is 0 Å². The Morgan fingerprint density at radius 2 is 2.42 bits per heavy atom. The van der Waals surface area contributed by atoms with E-state index in [9.17, 15) is 4.79 Å². The number of amides is 1.